The van der Waals surface area contributed by atoms with E-state index in [1.54, 1.807) is 18.2 Å². The highest BCUT2D eigenvalue weighted by Gasteiger charge is 2.40. The molecule has 10 heteroatoms. The summed E-state index contributed by atoms with van der Waals surface area (Å²) in [6.45, 7) is -0.226. The van der Waals surface area contributed by atoms with Crippen LogP contribution in [-0.4, -0.2) is 55.1 Å². The number of nitrogens with zero attached hydrogens (tertiary/aromatic N) is 1. The Hall–Kier alpha value is -1.65. The van der Waals surface area contributed by atoms with Crippen molar-refractivity contribution in [2.75, 3.05) is 13.1 Å². The Bertz CT molecular complexity index is 694. The molecule has 140 valence electrons. The molecule has 25 heavy (non-hydrogen) atoms. The standard InChI is InChI=1S/C15H19F3N2O4S/c16-15(17,18)13(21)8-9-19-14(22)12-7-4-10-20(12)25(23,24)11-5-2-1-3-6-11/h1-3,5-6,12-13,21H,4,7-10H2,(H,19,22). The number of halogens is 3. The molecule has 0 radical (unpaired) electrons. The van der Waals surface area contributed by atoms with Crippen LogP contribution in [0.3, 0.4) is 0 Å². The Morgan fingerprint density at radius 3 is 2.56 bits per heavy atom. The van der Waals surface area contributed by atoms with Crippen LogP contribution in [0.5, 0.6) is 0 Å². The molecule has 0 spiro atoms. The summed E-state index contributed by atoms with van der Waals surface area (Å²) in [4.78, 5) is 12.2. The summed E-state index contributed by atoms with van der Waals surface area (Å²) in [6.07, 6.45) is -7.19. The number of amides is 1. The largest absolute Gasteiger partial charge is 0.414 e. The van der Waals surface area contributed by atoms with E-state index in [4.69, 9.17) is 5.11 Å². The van der Waals surface area contributed by atoms with Gasteiger partial charge in [0, 0.05) is 13.1 Å². The maximum atomic E-state index is 12.6. The molecule has 1 aromatic rings. The van der Waals surface area contributed by atoms with Crippen molar-refractivity contribution in [3.05, 3.63) is 30.3 Å². The van der Waals surface area contributed by atoms with Crippen molar-refractivity contribution in [1.82, 2.24) is 9.62 Å². The Morgan fingerprint density at radius 1 is 1.32 bits per heavy atom. The maximum Gasteiger partial charge on any atom is 0.414 e. The van der Waals surface area contributed by atoms with E-state index in [1.807, 2.05) is 0 Å². The van der Waals surface area contributed by atoms with Gasteiger partial charge in [-0.3, -0.25) is 4.79 Å². The van der Waals surface area contributed by atoms with Gasteiger partial charge in [-0.2, -0.15) is 17.5 Å². The van der Waals surface area contributed by atoms with Crippen LogP contribution in [0, 0.1) is 0 Å². The molecule has 1 aliphatic rings. The number of carbonyl (C=O) groups excluding carboxylic acids is 1. The lowest BCUT2D eigenvalue weighted by Gasteiger charge is -2.23. The van der Waals surface area contributed by atoms with Crippen LogP contribution in [0.25, 0.3) is 0 Å². The molecule has 1 amide bonds. The summed E-state index contributed by atoms with van der Waals surface area (Å²) < 4.78 is 63.0. The molecule has 6 nitrogen and oxygen atoms in total. The topological polar surface area (TPSA) is 86.7 Å². The van der Waals surface area contributed by atoms with Gasteiger partial charge >= 0.3 is 6.18 Å². The molecule has 2 N–H and O–H groups in total. The molecule has 0 aromatic heterocycles. The predicted molar refractivity (Wildman–Crippen MR) is 83.0 cm³/mol. The number of alkyl halides is 3. The maximum absolute atomic E-state index is 12.6. The van der Waals surface area contributed by atoms with Crippen LogP contribution in [0.1, 0.15) is 19.3 Å². The van der Waals surface area contributed by atoms with Crippen molar-refractivity contribution in [2.24, 2.45) is 0 Å². The zero-order chi connectivity index (χ0) is 18.7. The number of carbonyl (C=O) groups is 1. The summed E-state index contributed by atoms with van der Waals surface area (Å²) in [5, 5.41) is 11.2. The van der Waals surface area contributed by atoms with Gasteiger partial charge in [0.25, 0.3) is 0 Å². The van der Waals surface area contributed by atoms with Crippen molar-refractivity contribution in [3.63, 3.8) is 0 Å². The summed E-state index contributed by atoms with van der Waals surface area (Å²) in [6, 6.07) is 6.67. The molecule has 2 atom stereocenters. The number of rotatable bonds is 6. The summed E-state index contributed by atoms with van der Waals surface area (Å²) in [7, 11) is -3.85. The zero-order valence-corrected chi connectivity index (χ0v) is 14.1. The number of hydrogen-bond donors (Lipinski definition) is 2. The van der Waals surface area contributed by atoms with Gasteiger partial charge < -0.3 is 10.4 Å². The van der Waals surface area contributed by atoms with E-state index in [-0.39, 0.29) is 11.4 Å². The number of aliphatic hydroxyl groups excluding tert-OH is 1. The number of benzene rings is 1. The van der Waals surface area contributed by atoms with E-state index in [0.29, 0.717) is 12.8 Å². The second-order valence-corrected chi connectivity index (χ2v) is 7.61. The Kier molecular flexibility index (Phi) is 6.07. The lowest BCUT2D eigenvalue weighted by molar-refractivity contribution is -0.205. The Labute approximate surface area is 143 Å². The van der Waals surface area contributed by atoms with Crippen molar-refractivity contribution in [1.29, 1.82) is 0 Å². The number of sulfonamides is 1. The highest BCUT2D eigenvalue weighted by molar-refractivity contribution is 7.89. The summed E-state index contributed by atoms with van der Waals surface area (Å²) >= 11 is 0. The van der Waals surface area contributed by atoms with Crippen molar-refractivity contribution < 1.29 is 31.5 Å². The Morgan fingerprint density at radius 2 is 1.96 bits per heavy atom. The van der Waals surface area contributed by atoms with Crippen LogP contribution < -0.4 is 5.32 Å². The number of hydrogen-bond acceptors (Lipinski definition) is 4. The van der Waals surface area contributed by atoms with Gasteiger partial charge in [0.1, 0.15) is 6.04 Å². The first-order valence-electron chi connectivity index (χ1n) is 7.73. The lowest BCUT2D eigenvalue weighted by Crippen LogP contribution is -2.46. The fourth-order valence-corrected chi connectivity index (χ4v) is 4.31. The summed E-state index contributed by atoms with van der Waals surface area (Å²) in [5.41, 5.74) is 0. The molecule has 1 aliphatic heterocycles. The average Bonchev–Trinajstić information content (AvgIpc) is 3.05. The minimum Gasteiger partial charge on any atom is -0.384 e. The van der Waals surface area contributed by atoms with E-state index in [1.165, 1.54) is 12.1 Å². The van der Waals surface area contributed by atoms with E-state index >= 15 is 0 Å². The van der Waals surface area contributed by atoms with E-state index < -0.39 is 47.2 Å². The highest BCUT2D eigenvalue weighted by Crippen LogP contribution is 2.26. The minimum atomic E-state index is -4.75. The van der Waals surface area contributed by atoms with Crippen molar-refractivity contribution in [3.8, 4) is 0 Å². The SMILES string of the molecule is O=C(NCCC(O)C(F)(F)F)C1CCCN1S(=O)(=O)c1ccccc1. The molecular weight excluding hydrogens is 361 g/mol. The van der Waals surface area contributed by atoms with Gasteiger partial charge in [0.05, 0.1) is 4.90 Å². The monoisotopic (exact) mass is 380 g/mol. The van der Waals surface area contributed by atoms with Crippen LogP contribution in [0.15, 0.2) is 35.2 Å². The van der Waals surface area contributed by atoms with Gasteiger partial charge in [-0.25, -0.2) is 8.42 Å². The second-order valence-electron chi connectivity index (χ2n) is 5.72. The van der Waals surface area contributed by atoms with Crippen molar-refractivity contribution >= 4 is 15.9 Å². The molecule has 1 fully saturated rings. The molecule has 1 aromatic carbocycles. The number of aliphatic hydroxyl groups is 1. The lowest BCUT2D eigenvalue weighted by atomic mass is 10.2. The molecule has 0 saturated carbocycles. The Balaban J connectivity index is 2.00. The first-order valence-corrected chi connectivity index (χ1v) is 9.17. The third-order valence-corrected chi connectivity index (χ3v) is 5.87. The quantitative estimate of drug-likeness (QED) is 0.778. The van der Waals surface area contributed by atoms with Gasteiger partial charge in [0.2, 0.25) is 15.9 Å². The van der Waals surface area contributed by atoms with Gasteiger partial charge in [-0.15, -0.1) is 0 Å². The number of nitrogens with one attached hydrogen (secondary N) is 1. The van der Waals surface area contributed by atoms with Crippen molar-refractivity contribution in [2.45, 2.75) is 42.5 Å². The smallest absolute Gasteiger partial charge is 0.384 e. The molecular formula is C15H19F3N2O4S. The van der Waals surface area contributed by atoms with Gasteiger partial charge in [0.15, 0.2) is 6.10 Å². The molecule has 1 saturated heterocycles. The summed E-state index contributed by atoms with van der Waals surface area (Å²) in [5.74, 6) is -0.661. The van der Waals surface area contributed by atoms with Gasteiger partial charge in [-0.05, 0) is 31.4 Å². The van der Waals surface area contributed by atoms with Crippen LogP contribution in [-0.2, 0) is 14.8 Å². The molecule has 1 heterocycles. The first kappa shape index (κ1) is 19.7. The highest BCUT2D eigenvalue weighted by atomic mass is 32.2. The molecule has 2 unspecified atom stereocenters. The third kappa shape index (κ3) is 4.71. The van der Waals surface area contributed by atoms with Crippen LogP contribution in [0.4, 0.5) is 13.2 Å². The van der Waals surface area contributed by atoms with Crippen LogP contribution >= 0.6 is 0 Å². The van der Waals surface area contributed by atoms with Gasteiger partial charge in [-0.1, -0.05) is 18.2 Å². The average molecular weight is 380 g/mol. The van der Waals surface area contributed by atoms with Crippen LogP contribution in [0.2, 0.25) is 0 Å². The fourth-order valence-electron chi connectivity index (χ4n) is 2.63. The van der Waals surface area contributed by atoms with E-state index in [2.05, 4.69) is 5.32 Å². The fraction of sp³-hybridized carbons (Fsp3) is 0.533. The molecule has 0 aliphatic carbocycles. The third-order valence-electron chi connectivity index (χ3n) is 3.95. The van der Waals surface area contributed by atoms with E-state index in [9.17, 15) is 26.4 Å². The zero-order valence-electron chi connectivity index (χ0n) is 13.2. The predicted octanol–water partition coefficient (Wildman–Crippen LogP) is 1.27. The van der Waals surface area contributed by atoms with E-state index in [0.717, 1.165) is 4.31 Å². The molecule has 0 bridgehead atoms. The minimum absolute atomic E-state index is 0.0576. The second kappa shape index (κ2) is 7.71. The molecule has 2 rings (SSSR count). The normalized spacial score (nSPS) is 20.4. The first-order chi connectivity index (χ1) is 11.6.